The zero-order chi connectivity index (χ0) is 20.0. The van der Waals surface area contributed by atoms with Gasteiger partial charge in [-0.15, -0.1) is 0 Å². The van der Waals surface area contributed by atoms with Gasteiger partial charge in [0.15, 0.2) is 0 Å². The number of nitrogens with one attached hydrogen (secondary N) is 2. The summed E-state index contributed by atoms with van der Waals surface area (Å²) in [4.78, 5) is 24.9. The lowest BCUT2D eigenvalue weighted by atomic mass is 10.0. The van der Waals surface area contributed by atoms with Gasteiger partial charge in [0.25, 0.3) is 11.8 Å². The van der Waals surface area contributed by atoms with E-state index in [2.05, 4.69) is 15.8 Å². The Morgan fingerprint density at radius 2 is 1.85 bits per heavy atom. The van der Waals surface area contributed by atoms with Crippen molar-refractivity contribution in [3.63, 3.8) is 0 Å². The largest absolute Gasteiger partial charge is 0.507 e. The summed E-state index contributed by atoms with van der Waals surface area (Å²) in [5.41, 5.74) is 3.05. The van der Waals surface area contributed by atoms with Gasteiger partial charge in [-0.1, -0.05) is 49.2 Å². The minimum Gasteiger partial charge on any atom is -0.507 e. The van der Waals surface area contributed by atoms with Gasteiger partial charge in [0.1, 0.15) is 11.8 Å². The summed E-state index contributed by atoms with van der Waals surface area (Å²) in [6.07, 6.45) is 1.32. The van der Waals surface area contributed by atoms with E-state index in [1.54, 1.807) is 38.1 Å². The fourth-order valence-corrected chi connectivity index (χ4v) is 2.75. The number of hydrogen-bond donors (Lipinski definition) is 3. The first kappa shape index (κ1) is 20.7. The monoisotopic (exact) mass is 407 g/mol. The third kappa shape index (κ3) is 5.70. The fourth-order valence-electron chi connectivity index (χ4n) is 2.26. The van der Waals surface area contributed by atoms with E-state index >= 15 is 0 Å². The molecule has 0 aromatic heterocycles. The number of hydrazone groups is 1. The summed E-state index contributed by atoms with van der Waals surface area (Å²) < 4.78 is 0. The fraction of sp³-hybridized carbons (Fsp3) is 0.211. The van der Waals surface area contributed by atoms with Crippen molar-refractivity contribution >= 4 is 41.2 Å². The van der Waals surface area contributed by atoms with Crippen LogP contribution in [0, 0.1) is 5.92 Å². The molecule has 2 rings (SSSR count). The molecule has 8 heteroatoms. The maximum Gasteiger partial charge on any atom is 0.262 e. The van der Waals surface area contributed by atoms with E-state index in [4.69, 9.17) is 23.2 Å². The van der Waals surface area contributed by atoms with Gasteiger partial charge in [-0.25, -0.2) is 5.43 Å². The SMILES string of the molecule is CC(C)C(NC(=O)c1ccc(Cl)cc1Cl)C(=O)N/N=C/c1ccccc1O. The molecule has 0 fully saturated rings. The predicted molar refractivity (Wildman–Crippen MR) is 106 cm³/mol. The number of phenolic OH excluding ortho intramolecular Hbond substituents is 1. The van der Waals surface area contributed by atoms with Gasteiger partial charge in [0.2, 0.25) is 0 Å². The summed E-state index contributed by atoms with van der Waals surface area (Å²) in [6.45, 7) is 3.58. The summed E-state index contributed by atoms with van der Waals surface area (Å²) >= 11 is 11.9. The molecule has 0 heterocycles. The Morgan fingerprint density at radius 1 is 1.15 bits per heavy atom. The molecule has 0 saturated carbocycles. The molecule has 3 N–H and O–H groups in total. The minimum absolute atomic E-state index is 0.0431. The molecule has 142 valence electrons. The second-order valence-electron chi connectivity index (χ2n) is 6.11. The Labute approximate surface area is 167 Å². The summed E-state index contributed by atoms with van der Waals surface area (Å²) in [5.74, 6) is -1.13. The number of benzene rings is 2. The Bertz CT molecular complexity index is 869. The number of rotatable bonds is 6. The first-order chi connectivity index (χ1) is 12.8. The summed E-state index contributed by atoms with van der Waals surface area (Å²) in [7, 11) is 0. The van der Waals surface area contributed by atoms with Gasteiger partial charge in [-0.2, -0.15) is 5.10 Å². The highest BCUT2D eigenvalue weighted by Gasteiger charge is 2.25. The van der Waals surface area contributed by atoms with Crippen LogP contribution in [0.5, 0.6) is 5.75 Å². The highest BCUT2D eigenvalue weighted by molar-refractivity contribution is 6.36. The van der Waals surface area contributed by atoms with E-state index < -0.39 is 17.9 Å². The van der Waals surface area contributed by atoms with Gasteiger partial charge in [-0.3, -0.25) is 9.59 Å². The van der Waals surface area contributed by atoms with Gasteiger partial charge in [0, 0.05) is 10.6 Å². The van der Waals surface area contributed by atoms with Crippen molar-refractivity contribution < 1.29 is 14.7 Å². The summed E-state index contributed by atoms with van der Waals surface area (Å²) in [6, 6.07) is 10.2. The molecule has 2 aromatic carbocycles. The molecule has 1 atom stereocenters. The van der Waals surface area contributed by atoms with Crippen LogP contribution in [0.1, 0.15) is 29.8 Å². The van der Waals surface area contributed by atoms with Gasteiger partial charge < -0.3 is 10.4 Å². The van der Waals surface area contributed by atoms with Crippen LogP contribution in [-0.2, 0) is 4.79 Å². The van der Waals surface area contributed by atoms with Gasteiger partial charge >= 0.3 is 0 Å². The molecule has 27 heavy (non-hydrogen) atoms. The quantitative estimate of drug-likeness (QED) is 0.504. The molecule has 0 aliphatic heterocycles. The minimum atomic E-state index is -0.828. The maximum atomic E-state index is 12.4. The number of phenols is 1. The molecule has 0 aliphatic rings. The number of amides is 2. The van der Waals surface area contributed by atoms with Crippen molar-refractivity contribution in [3.05, 3.63) is 63.6 Å². The lowest BCUT2D eigenvalue weighted by molar-refractivity contribution is -0.123. The molecule has 0 saturated heterocycles. The Morgan fingerprint density at radius 3 is 2.48 bits per heavy atom. The molecule has 0 radical (unpaired) electrons. The number of aromatic hydroxyl groups is 1. The second-order valence-corrected chi connectivity index (χ2v) is 6.96. The van der Waals surface area contributed by atoms with E-state index in [0.29, 0.717) is 10.6 Å². The lowest BCUT2D eigenvalue weighted by Gasteiger charge is -2.20. The van der Waals surface area contributed by atoms with Crippen molar-refractivity contribution in [1.29, 1.82) is 0 Å². The average Bonchev–Trinajstić information content (AvgIpc) is 2.60. The van der Waals surface area contributed by atoms with Crippen LogP contribution in [0.25, 0.3) is 0 Å². The zero-order valence-corrected chi connectivity index (χ0v) is 16.3. The molecule has 0 spiro atoms. The Hall–Kier alpha value is -2.57. The highest BCUT2D eigenvalue weighted by atomic mass is 35.5. The molecule has 2 aromatic rings. The molecular formula is C19H19Cl2N3O3. The third-order valence-electron chi connectivity index (χ3n) is 3.73. The molecule has 6 nitrogen and oxygen atoms in total. The van der Waals surface area contributed by atoms with E-state index in [-0.39, 0.29) is 22.3 Å². The topological polar surface area (TPSA) is 90.8 Å². The highest BCUT2D eigenvalue weighted by Crippen LogP contribution is 2.21. The molecule has 0 bridgehead atoms. The third-order valence-corrected chi connectivity index (χ3v) is 4.27. The number of para-hydroxylation sites is 1. The van der Waals surface area contributed by atoms with E-state index in [1.165, 1.54) is 24.4 Å². The molecule has 1 unspecified atom stereocenters. The first-order valence-corrected chi connectivity index (χ1v) is 8.92. The molecular weight excluding hydrogens is 389 g/mol. The number of halogens is 2. The number of nitrogens with zero attached hydrogens (tertiary/aromatic N) is 1. The second kappa shape index (κ2) is 9.39. The number of carbonyl (C=O) groups excluding carboxylic acids is 2. The van der Waals surface area contributed by atoms with Crippen molar-refractivity contribution in [1.82, 2.24) is 10.7 Å². The van der Waals surface area contributed by atoms with Crippen LogP contribution in [0.3, 0.4) is 0 Å². The van der Waals surface area contributed by atoms with Crippen LogP contribution in [-0.4, -0.2) is 29.2 Å². The van der Waals surface area contributed by atoms with Crippen molar-refractivity contribution in [3.8, 4) is 5.75 Å². The van der Waals surface area contributed by atoms with E-state index in [9.17, 15) is 14.7 Å². The number of hydrogen-bond acceptors (Lipinski definition) is 4. The van der Waals surface area contributed by atoms with Crippen LogP contribution >= 0.6 is 23.2 Å². The van der Waals surface area contributed by atoms with Crippen LogP contribution < -0.4 is 10.7 Å². The molecule has 2 amide bonds. The average molecular weight is 408 g/mol. The van der Waals surface area contributed by atoms with E-state index in [0.717, 1.165) is 0 Å². The van der Waals surface area contributed by atoms with Crippen LogP contribution in [0.4, 0.5) is 0 Å². The summed E-state index contributed by atoms with van der Waals surface area (Å²) in [5, 5.41) is 16.8. The van der Waals surface area contributed by atoms with Crippen LogP contribution in [0.2, 0.25) is 10.0 Å². The van der Waals surface area contributed by atoms with Gasteiger partial charge in [-0.05, 0) is 36.2 Å². The van der Waals surface area contributed by atoms with Gasteiger partial charge in [0.05, 0.1) is 16.8 Å². The standard InChI is InChI=1S/C19H19Cl2N3O3/c1-11(2)17(23-18(26)14-8-7-13(20)9-15(14)21)19(27)24-22-10-12-5-3-4-6-16(12)25/h3-11,17,25H,1-2H3,(H,23,26)(H,24,27)/b22-10+. The first-order valence-electron chi connectivity index (χ1n) is 8.16. The smallest absolute Gasteiger partial charge is 0.262 e. The van der Waals surface area contributed by atoms with Crippen molar-refractivity contribution in [2.45, 2.75) is 19.9 Å². The zero-order valence-electron chi connectivity index (χ0n) is 14.7. The lowest BCUT2D eigenvalue weighted by Crippen LogP contribution is -2.48. The number of carbonyl (C=O) groups is 2. The van der Waals surface area contributed by atoms with Crippen molar-refractivity contribution in [2.75, 3.05) is 0 Å². The van der Waals surface area contributed by atoms with E-state index in [1.807, 2.05) is 0 Å². The maximum absolute atomic E-state index is 12.4. The Balaban J connectivity index is 2.06. The predicted octanol–water partition coefficient (Wildman–Crippen LogP) is 3.60. The normalized spacial score (nSPS) is 12.2. The van der Waals surface area contributed by atoms with Crippen LogP contribution in [0.15, 0.2) is 47.6 Å². The van der Waals surface area contributed by atoms with Crippen molar-refractivity contribution in [2.24, 2.45) is 11.0 Å². The Kier molecular flexibility index (Phi) is 7.21. The molecule has 0 aliphatic carbocycles.